The lowest BCUT2D eigenvalue weighted by Gasteiger charge is -2.41. The number of aliphatic hydroxyl groups is 5. The van der Waals surface area contributed by atoms with Crippen LogP contribution in [0.4, 0.5) is 0 Å². The molecule has 11 heteroatoms. The van der Waals surface area contributed by atoms with E-state index in [0.717, 1.165) is 103 Å². The number of aliphatic hydroxyl groups excluding tert-OH is 5. The summed E-state index contributed by atoms with van der Waals surface area (Å²) in [5, 5.41) is 56.7. The molecular formula is C61H105NO10. The second-order valence-corrected chi connectivity index (χ2v) is 19.6. The molecule has 1 rings (SSSR count). The minimum absolute atomic E-state index is 0.104. The van der Waals surface area contributed by atoms with Crippen LogP contribution < -0.4 is 5.32 Å². The van der Waals surface area contributed by atoms with Crippen molar-refractivity contribution in [2.45, 2.75) is 275 Å². The largest absolute Gasteiger partial charge is 0.454 e. The van der Waals surface area contributed by atoms with E-state index in [-0.39, 0.29) is 19.4 Å². The van der Waals surface area contributed by atoms with Gasteiger partial charge >= 0.3 is 5.97 Å². The maximum atomic E-state index is 13.4. The number of ether oxygens (including phenoxy) is 3. The monoisotopic (exact) mass is 1010 g/mol. The van der Waals surface area contributed by atoms with Crippen molar-refractivity contribution >= 4 is 11.9 Å². The summed E-state index contributed by atoms with van der Waals surface area (Å²) in [6.07, 6.45) is 52.0. The van der Waals surface area contributed by atoms with Crippen molar-refractivity contribution in [3.05, 3.63) is 85.1 Å². The van der Waals surface area contributed by atoms with Gasteiger partial charge in [-0.1, -0.05) is 215 Å². The highest BCUT2D eigenvalue weighted by Crippen LogP contribution is 2.26. The zero-order chi connectivity index (χ0) is 52.5. The maximum Gasteiger partial charge on any atom is 0.306 e. The molecule has 6 N–H and O–H groups in total. The van der Waals surface area contributed by atoms with Gasteiger partial charge in [-0.2, -0.15) is 0 Å². The van der Waals surface area contributed by atoms with E-state index < -0.39 is 67.4 Å². The van der Waals surface area contributed by atoms with Crippen LogP contribution in [0.1, 0.15) is 226 Å². The van der Waals surface area contributed by atoms with E-state index in [1.54, 1.807) is 6.08 Å². The van der Waals surface area contributed by atoms with Crippen LogP contribution in [0.3, 0.4) is 0 Å². The fraction of sp³-hybridized carbons (Fsp3) is 0.738. The Balaban J connectivity index is 2.79. The molecule has 0 aromatic carbocycles. The quantitative estimate of drug-likeness (QED) is 0.0196. The Hall–Kier alpha value is -3.16. The first-order valence-corrected chi connectivity index (χ1v) is 28.9. The summed E-state index contributed by atoms with van der Waals surface area (Å²) in [5.74, 6) is -1.27. The number of carbonyl (C=O) groups excluding carboxylic acids is 2. The molecule has 8 atom stereocenters. The van der Waals surface area contributed by atoms with Crippen LogP contribution in [0.25, 0.3) is 0 Å². The Morgan fingerprint density at radius 2 is 1.00 bits per heavy atom. The van der Waals surface area contributed by atoms with Gasteiger partial charge < -0.3 is 45.1 Å². The first-order valence-electron chi connectivity index (χ1n) is 28.9. The van der Waals surface area contributed by atoms with Gasteiger partial charge in [-0.15, -0.1) is 0 Å². The highest BCUT2D eigenvalue weighted by Gasteiger charge is 2.47. The number of amides is 1. The lowest BCUT2D eigenvalue weighted by Crippen LogP contribution is -2.61. The zero-order valence-electron chi connectivity index (χ0n) is 45.5. The molecule has 1 aliphatic rings. The number of allylic oxidation sites excluding steroid dienone is 13. The summed E-state index contributed by atoms with van der Waals surface area (Å²) in [7, 11) is 0. The minimum Gasteiger partial charge on any atom is -0.454 e. The highest BCUT2D eigenvalue weighted by molar-refractivity contribution is 5.80. The van der Waals surface area contributed by atoms with Crippen LogP contribution in [0.2, 0.25) is 0 Å². The molecule has 1 saturated heterocycles. The molecule has 11 nitrogen and oxygen atoms in total. The maximum absolute atomic E-state index is 13.4. The van der Waals surface area contributed by atoms with Crippen LogP contribution in [-0.2, 0) is 23.8 Å². The molecule has 414 valence electrons. The van der Waals surface area contributed by atoms with Crippen LogP contribution in [0.15, 0.2) is 85.1 Å². The Morgan fingerprint density at radius 1 is 0.556 bits per heavy atom. The fourth-order valence-electron chi connectivity index (χ4n) is 8.44. The molecule has 0 radical (unpaired) electrons. The average molecular weight is 1010 g/mol. The third-order valence-electron chi connectivity index (χ3n) is 13.0. The second kappa shape index (κ2) is 48.8. The molecule has 1 amide bonds. The molecule has 0 spiro atoms. The summed E-state index contributed by atoms with van der Waals surface area (Å²) < 4.78 is 17.5. The van der Waals surface area contributed by atoms with E-state index in [2.05, 4.69) is 86.8 Å². The van der Waals surface area contributed by atoms with Crippen molar-refractivity contribution in [2.24, 2.45) is 0 Å². The minimum atomic E-state index is -1.63. The van der Waals surface area contributed by atoms with Gasteiger partial charge in [0, 0.05) is 6.42 Å². The number of hydrogen-bond donors (Lipinski definition) is 6. The predicted molar refractivity (Wildman–Crippen MR) is 296 cm³/mol. The molecule has 72 heavy (non-hydrogen) atoms. The third-order valence-corrected chi connectivity index (χ3v) is 13.0. The number of rotatable bonds is 47. The molecule has 1 fully saturated rings. The van der Waals surface area contributed by atoms with Gasteiger partial charge in [-0.25, -0.2) is 0 Å². The van der Waals surface area contributed by atoms with Gasteiger partial charge in [0.25, 0.3) is 0 Å². The van der Waals surface area contributed by atoms with E-state index in [1.165, 1.54) is 77.0 Å². The SMILES string of the molecule is CC/C=C/C/C=C/CCCCCCCCCC(=O)OC1C(OCC(NC(=O)C(O)CC/C=C\C/C=C\C/C=C\C/C=C\CCCCC)C(O)/C=C/CCCCCCCCCCCCC)OC(CO)C(O)C1O. The molecule has 1 aliphatic heterocycles. The lowest BCUT2D eigenvalue weighted by molar-refractivity contribution is -0.305. The van der Waals surface area contributed by atoms with Gasteiger partial charge in [0.05, 0.1) is 25.4 Å². The van der Waals surface area contributed by atoms with Gasteiger partial charge in [0.2, 0.25) is 5.91 Å². The fourth-order valence-corrected chi connectivity index (χ4v) is 8.44. The summed E-state index contributed by atoms with van der Waals surface area (Å²) in [6.45, 7) is 5.60. The van der Waals surface area contributed by atoms with Crippen LogP contribution in [0.5, 0.6) is 0 Å². The average Bonchev–Trinajstić information content (AvgIpc) is 3.38. The molecule has 0 saturated carbocycles. The Bertz CT molecular complexity index is 1490. The van der Waals surface area contributed by atoms with Crippen molar-refractivity contribution in [2.75, 3.05) is 13.2 Å². The molecular weight excluding hydrogens is 907 g/mol. The van der Waals surface area contributed by atoms with E-state index in [0.29, 0.717) is 12.8 Å². The standard InChI is InChI=1S/C61H105NO10/c1-4-7-10-13-16-19-22-25-27-28-30-33-36-39-42-45-48-54(65)60(69)62-52(53(64)47-44-41-38-35-32-29-24-21-18-15-12-9-6-3)51-70-61-59(58(68)57(67)55(50-63)71-61)72-56(66)49-46-43-40-37-34-31-26-23-20-17-14-11-8-5-2/h8,11,16-17,19-20,25,27,30,33,39,42,44,47,52-55,57-59,61,63-65,67-68H,4-7,9-10,12-15,18,21-24,26,28-29,31-32,34-38,40-41,43,45-46,48-51H2,1-3H3,(H,62,69)/b11-8+,19-16-,20-17+,27-25-,33-30-,42-39-,47-44+. The van der Waals surface area contributed by atoms with Gasteiger partial charge in [-0.3, -0.25) is 9.59 Å². The molecule has 0 aromatic heterocycles. The van der Waals surface area contributed by atoms with Crippen molar-refractivity contribution < 1.29 is 49.3 Å². The summed E-state index contributed by atoms with van der Waals surface area (Å²) in [5.41, 5.74) is 0. The van der Waals surface area contributed by atoms with Crippen LogP contribution >= 0.6 is 0 Å². The van der Waals surface area contributed by atoms with E-state index >= 15 is 0 Å². The van der Waals surface area contributed by atoms with E-state index in [9.17, 15) is 35.1 Å². The van der Waals surface area contributed by atoms with Crippen LogP contribution in [-0.4, -0.2) is 99.6 Å². The van der Waals surface area contributed by atoms with Crippen molar-refractivity contribution in [3.63, 3.8) is 0 Å². The number of hydrogen-bond acceptors (Lipinski definition) is 10. The highest BCUT2D eigenvalue weighted by atomic mass is 16.7. The van der Waals surface area contributed by atoms with E-state index in [4.69, 9.17) is 14.2 Å². The van der Waals surface area contributed by atoms with Crippen molar-refractivity contribution in [1.29, 1.82) is 0 Å². The molecule has 0 bridgehead atoms. The van der Waals surface area contributed by atoms with Gasteiger partial charge in [0.15, 0.2) is 12.4 Å². The lowest BCUT2D eigenvalue weighted by atomic mass is 9.99. The van der Waals surface area contributed by atoms with Gasteiger partial charge in [-0.05, 0) is 89.9 Å². The summed E-state index contributed by atoms with van der Waals surface area (Å²) in [4.78, 5) is 26.4. The van der Waals surface area contributed by atoms with Crippen molar-refractivity contribution in [1.82, 2.24) is 5.32 Å². The molecule has 1 heterocycles. The van der Waals surface area contributed by atoms with Crippen LogP contribution in [0, 0.1) is 0 Å². The number of nitrogens with one attached hydrogen (secondary N) is 1. The topological polar surface area (TPSA) is 175 Å². The second-order valence-electron chi connectivity index (χ2n) is 19.6. The Morgan fingerprint density at radius 3 is 1.53 bits per heavy atom. The number of carbonyl (C=O) groups is 2. The zero-order valence-corrected chi connectivity index (χ0v) is 45.5. The Kier molecular flexibility index (Phi) is 45.3. The Labute approximate surface area is 438 Å². The number of esters is 1. The first-order chi connectivity index (χ1) is 35.2. The van der Waals surface area contributed by atoms with E-state index in [1.807, 2.05) is 18.2 Å². The summed E-state index contributed by atoms with van der Waals surface area (Å²) in [6, 6.07) is -1.06. The van der Waals surface area contributed by atoms with Gasteiger partial charge in [0.1, 0.15) is 24.4 Å². The summed E-state index contributed by atoms with van der Waals surface area (Å²) >= 11 is 0. The molecule has 8 unspecified atom stereocenters. The third kappa shape index (κ3) is 36.7. The number of unbranched alkanes of at least 4 members (excludes halogenated alkanes) is 21. The predicted octanol–water partition coefficient (Wildman–Crippen LogP) is 13.0. The smallest absolute Gasteiger partial charge is 0.306 e. The normalized spacial score (nSPS) is 20.1. The van der Waals surface area contributed by atoms with Crippen molar-refractivity contribution in [3.8, 4) is 0 Å². The first kappa shape index (κ1) is 66.9. The molecule has 0 aromatic rings. The molecule has 0 aliphatic carbocycles.